The summed E-state index contributed by atoms with van der Waals surface area (Å²) >= 11 is 0. The lowest BCUT2D eigenvalue weighted by atomic mass is 10.1. The van der Waals surface area contributed by atoms with Crippen LogP contribution in [0.3, 0.4) is 0 Å². The van der Waals surface area contributed by atoms with E-state index in [2.05, 4.69) is 18.0 Å². The van der Waals surface area contributed by atoms with Gasteiger partial charge in [0.05, 0.1) is 0 Å². The standard InChI is InChI=1S/C16H22N2O2/c1-4-10-17-15-9-6-12-11-13(7-8-14(12)15)20-16(19)18(3)5-2/h4,7-8,11,15,17H,1,5-6,9-10H2,2-3H3/t15-/m1/s1. The summed E-state index contributed by atoms with van der Waals surface area (Å²) in [6.45, 7) is 7.08. The van der Waals surface area contributed by atoms with Crippen LogP contribution in [-0.2, 0) is 6.42 Å². The van der Waals surface area contributed by atoms with E-state index in [4.69, 9.17) is 4.74 Å². The molecule has 1 amide bonds. The molecule has 2 rings (SSSR count). The maximum Gasteiger partial charge on any atom is 0.414 e. The van der Waals surface area contributed by atoms with E-state index in [1.54, 1.807) is 11.9 Å². The van der Waals surface area contributed by atoms with Crippen molar-refractivity contribution in [3.05, 3.63) is 42.0 Å². The number of carbonyl (C=O) groups is 1. The largest absolute Gasteiger partial charge is 0.414 e. The molecule has 0 unspecified atom stereocenters. The molecular weight excluding hydrogens is 252 g/mol. The number of fused-ring (bicyclic) bond motifs is 1. The predicted octanol–water partition coefficient (Wildman–Crippen LogP) is 2.90. The molecule has 0 fully saturated rings. The number of nitrogens with zero attached hydrogens (tertiary/aromatic N) is 1. The zero-order chi connectivity index (χ0) is 14.5. The Balaban J connectivity index is 2.06. The Kier molecular flexibility index (Phi) is 4.79. The van der Waals surface area contributed by atoms with Crippen molar-refractivity contribution in [1.82, 2.24) is 10.2 Å². The van der Waals surface area contributed by atoms with Gasteiger partial charge in [-0.2, -0.15) is 0 Å². The topological polar surface area (TPSA) is 41.6 Å². The third-order valence-electron chi connectivity index (χ3n) is 3.69. The second-order valence-corrected chi connectivity index (χ2v) is 5.03. The molecule has 0 aliphatic heterocycles. The molecule has 4 heteroatoms. The molecule has 0 saturated carbocycles. The zero-order valence-corrected chi connectivity index (χ0v) is 12.2. The molecular formula is C16H22N2O2. The summed E-state index contributed by atoms with van der Waals surface area (Å²) < 4.78 is 5.36. The first-order valence-corrected chi connectivity index (χ1v) is 7.05. The summed E-state index contributed by atoms with van der Waals surface area (Å²) in [4.78, 5) is 13.3. The number of aryl methyl sites for hydroxylation is 1. The molecule has 1 aromatic rings. The fraction of sp³-hybridized carbons (Fsp3) is 0.438. The summed E-state index contributed by atoms with van der Waals surface area (Å²) in [5, 5.41) is 3.44. The summed E-state index contributed by atoms with van der Waals surface area (Å²) in [6, 6.07) is 6.28. The van der Waals surface area contributed by atoms with Crippen LogP contribution in [0.4, 0.5) is 4.79 Å². The number of hydrogen-bond acceptors (Lipinski definition) is 3. The van der Waals surface area contributed by atoms with Crippen LogP contribution in [0, 0.1) is 0 Å². The third-order valence-corrected chi connectivity index (χ3v) is 3.69. The number of rotatable bonds is 5. The van der Waals surface area contributed by atoms with Crippen LogP contribution in [-0.4, -0.2) is 31.1 Å². The van der Waals surface area contributed by atoms with E-state index >= 15 is 0 Å². The fourth-order valence-corrected chi connectivity index (χ4v) is 2.40. The van der Waals surface area contributed by atoms with Crippen molar-refractivity contribution < 1.29 is 9.53 Å². The van der Waals surface area contributed by atoms with Gasteiger partial charge in [-0.3, -0.25) is 0 Å². The highest BCUT2D eigenvalue weighted by molar-refractivity contribution is 5.70. The van der Waals surface area contributed by atoms with E-state index in [1.165, 1.54) is 11.1 Å². The molecule has 1 aliphatic rings. The quantitative estimate of drug-likeness (QED) is 0.839. The van der Waals surface area contributed by atoms with E-state index in [-0.39, 0.29) is 6.09 Å². The Bertz CT molecular complexity index is 499. The van der Waals surface area contributed by atoms with E-state index < -0.39 is 0 Å². The number of carbonyl (C=O) groups excluding carboxylic acids is 1. The lowest BCUT2D eigenvalue weighted by Gasteiger charge is -2.15. The van der Waals surface area contributed by atoms with Gasteiger partial charge in [-0.1, -0.05) is 12.1 Å². The number of benzene rings is 1. The Morgan fingerprint density at radius 3 is 3.10 bits per heavy atom. The molecule has 20 heavy (non-hydrogen) atoms. The van der Waals surface area contributed by atoms with E-state index in [1.807, 2.05) is 25.1 Å². The summed E-state index contributed by atoms with van der Waals surface area (Å²) in [7, 11) is 1.73. The average Bonchev–Trinajstić information content (AvgIpc) is 2.86. The Labute approximate surface area is 120 Å². The maximum absolute atomic E-state index is 11.7. The van der Waals surface area contributed by atoms with Crippen molar-refractivity contribution in [3.63, 3.8) is 0 Å². The van der Waals surface area contributed by atoms with Crippen molar-refractivity contribution in [2.75, 3.05) is 20.1 Å². The van der Waals surface area contributed by atoms with Gasteiger partial charge in [0.1, 0.15) is 5.75 Å². The van der Waals surface area contributed by atoms with Crippen LogP contribution in [0.25, 0.3) is 0 Å². The number of amides is 1. The van der Waals surface area contributed by atoms with Crippen LogP contribution in [0.1, 0.15) is 30.5 Å². The van der Waals surface area contributed by atoms with Crippen molar-refractivity contribution in [3.8, 4) is 5.75 Å². The van der Waals surface area contributed by atoms with Crippen LogP contribution >= 0.6 is 0 Å². The fourth-order valence-electron chi connectivity index (χ4n) is 2.40. The molecule has 0 aromatic heterocycles. The van der Waals surface area contributed by atoms with Gasteiger partial charge < -0.3 is 15.0 Å². The first-order chi connectivity index (χ1) is 9.65. The van der Waals surface area contributed by atoms with Crippen molar-refractivity contribution in [1.29, 1.82) is 0 Å². The average molecular weight is 274 g/mol. The minimum absolute atomic E-state index is 0.313. The normalized spacial score (nSPS) is 16.6. The van der Waals surface area contributed by atoms with Crippen LogP contribution in [0.5, 0.6) is 5.75 Å². The third kappa shape index (κ3) is 3.20. The minimum Gasteiger partial charge on any atom is -0.410 e. The highest BCUT2D eigenvalue weighted by atomic mass is 16.6. The van der Waals surface area contributed by atoms with Gasteiger partial charge in [-0.05, 0) is 43.0 Å². The van der Waals surface area contributed by atoms with Gasteiger partial charge in [0, 0.05) is 26.2 Å². The second kappa shape index (κ2) is 6.57. The molecule has 1 N–H and O–H groups in total. The molecule has 1 atom stereocenters. The molecule has 0 bridgehead atoms. The predicted molar refractivity (Wildman–Crippen MR) is 80.0 cm³/mol. The molecule has 1 aliphatic carbocycles. The first kappa shape index (κ1) is 14.6. The molecule has 4 nitrogen and oxygen atoms in total. The van der Waals surface area contributed by atoms with Crippen LogP contribution in [0.15, 0.2) is 30.9 Å². The monoisotopic (exact) mass is 274 g/mol. The molecule has 0 saturated heterocycles. The number of nitrogens with one attached hydrogen (secondary N) is 1. The van der Waals surface area contributed by atoms with Gasteiger partial charge >= 0.3 is 6.09 Å². The zero-order valence-electron chi connectivity index (χ0n) is 12.2. The summed E-state index contributed by atoms with van der Waals surface area (Å²) in [5.41, 5.74) is 2.56. The van der Waals surface area contributed by atoms with E-state index in [9.17, 15) is 4.79 Å². The van der Waals surface area contributed by atoms with E-state index in [0.717, 1.165) is 19.4 Å². The number of ether oxygens (including phenoxy) is 1. The first-order valence-electron chi connectivity index (χ1n) is 7.05. The molecule has 0 heterocycles. The second-order valence-electron chi connectivity index (χ2n) is 5.03. The SMILES string of the molecule is C=CCN[C@@H]1CCc2cc(OC(=O)N(C)CC)ccc21. The van der Waals surface area contributed by atoms with Gasteiger partial charge in [0.2, 0.25) is 0 Å². The lowest BCUT2D eigenvalue weighted by molar-refractivity contribution is 0.165. The highest BCUT2D eigenvalue weighted by Gasteiger charge is 2.22. The Morgan fingerprint density at radius 2 is 2.40 bits per heavy atom. The molecule has 1 aromatic carbocycles. The molecule has 108 valence electrons. The minimum atomic E-state index is -0.313. The molecule has 0 radical (unpaired) electrons. The van der Waals surface area contributed by atoms with Crippen LogP contribution < -0.4 is 10.1 Å². The summed E-state index contributed by atoms with van der Waals surface area (Å²) in [5.74, 6) is 0.624. The Morgan fingerprint density at radius 1 is 1.60 bits per heavy atom. The maximum atomic E-state index is 11.7. The van der Waals surface area contributed by atoms with Crippen LogP contribution in [0.2, 0.25) is 0 Å². The van der Waals surface area contributed by atoms with Gasteiger partial charge in [-0.15, -0.1) is 6.58 Å². The van der Waals surface area contributed by atoms with Crippen molar-refractivity contribution in [2.45, 2.75) is 25.8 Å². The smallest absolute Gasteiger partial charge is 0.410 e. The lowest BCUT2D eigenvalue weighted by Crippen LogP contribution is -2.29. The molecule has 0 spiro atoms. The number of hydrogen-bond donors (Lipinski definition) is 1. The Hall–Kier alpha value is -1.81. The highest BCUT2D eigenvalue weighted by Crippen LogP contribution is 2.33. The van der Waals surface area contributed by atoms with Crippen molar-refractivity contribution >= 4 is 6.09 Å². The van der Waals surface area contributed by atoms with Crippen molar-refractivity contribution in [2.24, 2.45) is 0 Å². The van der Waals surface area contributed by atoms with Gasteiger partial charge in [0.25, 0.3) is 0 Å². The summed E-state index contributed by atoms with van der Waals surface area (Å²) in [6.07, 6.45) is 3.65. The van der Waals surface area contributed by atoms with Gasteiger partial charge in [-0.25, -0.2) is 4.79 Å². The van der Waals surface area contributed by atoms with Gasteiger partial charge in [0.15, 0.2) is 0 Å². The van der Waals surface area contributed by atoms with E-state index in [0.29, 0.717) is 18.3 Å².